The van der Waals surface area contributed by atoms with Crippen LogP contribution in [0, 0.1) is 24.7 Å². The van der Waals surface area contributed by atoms with Crippen molar-refractivity contribution in [1.29, 1.82) is 0 Å². The summed E-state index contributed by atoms with van der Waals surface area (Å²) in [6.45, 7) is 4.32. The first-order valence-electron chi connectivity index (χ1n) is 21.1. The van der Waals surface area contributed by atoms with Crippen LogP contribution < -0.4 is 15.9 Å². The van der Waals surface area contributed by atoms with Gasteiger partial charge in [0.05, 0.1) is 49.4 Å². The van der Waals surface area contributed by atoms with Crippen LogP contribution in [0.3, 0.4) is 0 Å². The Morgan fingerprint density at radius 3 is 1.32 bits per heavy atom. The fraction of sp³-hybridized carbons (Fsp3) is 0.138. The van der Waals surface area contributed by atoms with Crippen molar-refractivity contribution in [3.8, 4) is 34.1 Å². The van der Waals surface area contributed by atoms with Gasteiger partial charge in [0.1, 0.15) is 0 Å². The summed E-state index contributed by atoms with van der Waals surface area (Å²) in [5.74, 6) is 5.02. The van der Waals surface area contributed by atoms with Crippen LogP contribution in [-0.4, -0.2) is 12.3 Å². The molecular formula is C58H52Au2P2+2. The van der Waals surface area contributed by atoms with Crippen LogP contribution in [0.1, 0.15) is 60.1 Å². The SMILES string of the molecule is C/C=C\C(=C/C)[PH+](CCCC[PH+](c1ccccc1)c1ccccc1)c1ccccc1.[Au+].[Au+].[C-]#Cc1cccc2c1Cc1ccccc1-2.[C-]#Cc1cccc2c1Cc1ccccc1-2. The second-order valence-electron chi connectivity index (χ2n) is 15.1. The normalized spacial score (nSPS) is 12.0. The minimum absolute atomic E-state index is 0. The number of unbranched alkanes of at least 4 members (excludes halogenated alkanes) is 1. The van der Waals surface area contributed by atoms with E-state index in [4.69, 9.17) is 12.8 Å². The van der Waals surface area contributed by atoms with Gasteiger partial charge >= 0.3 is 44.8 Å². The van der Waals surface area contributed by atoms with Gasteiger partial charge in [-0.2, -0.15) is 0 Å². The molecule has 4 heteroatoms. The van der Waals surface area contributed by atoms with E-state index in [2.05, 4.69) is 196 Å². The summed E-state index contributed by atoms with van der Waals surface area (Å²) in [5, 5.41) is 6.13. The average molecular weight is 1200 g/mol. The van der Waals surface area contributed by atoms with Gasteiger partial charge < -0.3 is 12.8 Å². The second-order valence-corrected chi connectivity index (χ2v) is 20.3. The van der Waals surface area contributed by atoms with Crippen LogP contribution in [0.15, 0.2) is 199 Å². The van der Waals surface area contributed by atoms with Gasteiger partial charge in [0, 0.05) is 0 Å². The van der Waals surface area contributed by atoms with Gasteiger partial charge in [-0.1, -0.05) is 133 Å². The van der Waals surface area contributed by atoms with Gasteiger partial charge in [-0.05, 0) is 121 Å². The minimum atomic E-state index is -0.714. The second kappa shape index (κ2) is 24.9. The Bertz CT molecular complexity index is 2510. The van der Waals surface area contributed by atoms with Crippen LogP contribution in [0.4, 0.5) is 0 Å². The van der Waals surface area contributed by atoms with Crippen molar-refractivity contribution in [3.63, 3.8) is 0 Å². The van der Waals surface area contributed by atoms with Crippen molar-refractivity contribution in [2.75, 3.05) is 12.3 Å². The third-order valence-corrected chi connectivity index (χ3v) is 17.4. The quantitative estimate of drug-likeness (QED) is 0.0320. The molecule has 0 radical (unpaired) electrons. The first-order valence-corrected chi connectivity index (χ1v) is 24.5. The molecule has 2 aliphatic rings. The molecular weight excluding hydrogens is 1150 g/mol. The molecule has 0 aliphatic heterocycles. The van der Waals surface area contributed by atoms with Gasteiger partial charge in [0.25, 0.3) is 0 Å². The zero-order valence-corrected chi connectivity index (χ0v) is 41.7. The molecule has 0 heterocycles. The molecule has 9 rings (SSSR count). The Morgan fingerprint density at radius 2 is 0.887 bits per heavy atom. The van der Waals surface area contributed by atoms with Crippen molar-refractivity contribution in [2.24, 2.45) is 0 Å². The number of benzene rings is 7. The molecule has 0 N–H and O–H groups in total. The van der Waals surface area contributed by atoms with Crippen LogP contribution >= 0.6 is 15.8 Å². The number of hydrogen-bond donors (Lipinski definition) is 0. The fourth-order valence-corrected chi connectivity index (χ4v) is 14.1. The van der Waals surface area contributed by atoms with Crippen molar-refractivity contribution in [1.82, 2.24) is 0 Å². The molecule has 0 nitrogen and oxygen atoms in total. The number of rotatable bonds is 10. The van der Waals surface area contributed by atoms with Gasteiger partial charge in [-0.3, -0.25) is 11.8 Å². The van der Waals surface area contributed by atoms with E-state index in [1.165, 1.54) is 90.9 Å². The minimum Gasteiger partial charge on any atom is -0.366 e. The largest absolute Gasteiger partial charge is 1.00 e. The molecule has 1 unspecified atom stereocenters. The molecule has 7 aromatic carbocycles. The van der Waals surface area contributed by atoms with Crippen molar-refractivity contribution in [2.45, 2.75) is 39.5 Å². The van der Waals surface area contributed by atoms with E-state index in [0.29, 0.717) is 0 Å². The van der Waals surface area contributed by atoms with E-state index >= 15 is 0 Å². The summed E-state index contributed by atoms with van der Waals surface area (Å²) >= 11 is 0. The average Bonchev–Trinajstić information content (AvgIpc) is 3.90. The van der Waals surface area contributed by atoms with E-state index in [-0.39, 0.29) is 44.8 Å². The monoisotopic (exact) mass is 1200 g/mol. The van der Waals surface area contributed by atoms with Crippen LogP contribution in [0.5, 0.6) is 0 Å². The molecule has 0 aromatic heterocycles. The maximum atomic E-state index is 7.27. The van der Waals surface area contributed by atoms with Gasteiger partial charge in [-0.15, -0.1) is 34.4 Å². The first-order chi connectivity index (χ1) is 29.6. The number of allylic oxidation sites excluding steroid dienone is 4. The fourth-order valence-electron chi connectivity index (χ4n) is 8.53. The van der Waals surface area contributed by atoms with E-state index in [1.54, 1.807) is 0 Å². The zero-order chi connectivity index (χ0) is 41.5. The number of hydrogen-bond acceptors (Lipinski definition) is 0. The Morgan fingerprint density at radius 1 is 0.484 bits per heavy atom. The predicted octanol–water partition coefficient (Wildman–Crippen LogP) is 13.0. The van der Waals surface area contributed by atoms with Gasteiger partial charge in [0.15, 0.2) is 0 Å². The Hall–Kier alpha value is -4.52. The smallest absolute Gasteiger partial charge is 0.366 e. The van der Waals surface area contributed by atoms with Crippen molar-refractivity contribution < 1.29 is 44.8 Å². The van der Waals surface area contributed by atoms with Crippen LogP contribution in [0.2, 0.25) is 0 Å². The molecule has 7 aromatic rings. The standard InChI is InChI=1S/C28H32P2.2C15H9.2Au/c1-3-16-25(4-2)29(26-17-8-5-9-18-26)23-14-15-24-30(27-19-10-6-11-20-27)28-21-12-7-13-22-28;2*1-2-11-7-5-9-14-13-8-4-3-6-12(13)10-15(11)14;;/h3-13,16-22H,14-15,23-24H2,1-2H3;2*3-9H,10H2;;/q;2*-1;2*+1/p+2/b16-3-,25-4+;;;;. The van der Waals surface area contributed by atoms with E-state index in [1.807, 2.05) is 24.3 Å². The summed E-state index contributed by atoms with van der Waals surface area (Å²) in [4.78, 5) is 0. The zero-order valence-electron chi connectivity index (χ0n) is 35.3. The summed E-state index contributed by atoms with van der Waals surface area (Å²) < 4.78 is 0. The molecule has 0 bridgehead atoms. The van der Waals surface area contributed by atoms with E-state index in [9.17, 15) is 0 Å². The summed E-state index contributed by atoms with van der Waals surface area (Å²) in [7, 11) is -1.43. The Kier molecular flexibility index (Phi) is 19.5. The van der Waals surface area contributed by atoms with Crippen LogP contribution in [0.25, 0.3) is 22.3 Å². The summed E-state index contributed by atoms with van der Waals surface area (Å²) in [5.41, 5.74) is 12.2. The van der Waals surface area contributed by atoms with E-state index < -0.39 is 15.8 Å². The summed E-state index contributed by atoms with van der Waals surface area (Å²) in [6, 6.07) is 62.5. The molecule has 1 atom stereocenters. The molecule has 62 heavy (non-hydrogen) atoms. The van der Waals surface area contributed by atoms with Gasteiger partial charge in [-0.25, -0.2) is 0 Å². The maximum absolute atomic E-state index is 7.27. The van der Waals surface area contributed by atoms with Crippen molar-refractivity contribution in [3.05, 3.63) is 246 Å². The number of fused-ring (bicyclic) bond motifs is 6. The Balaban J connectivity index is 0.000000190. The van der Waals surface area contributed by atoms with Gasteiger partial charge in [0.2, 0.25) is 0 Å². The molecule has 0 spiro atoms. The molecule has 2 aliphatic carbocycles. The maximum Gasteiger partial charge on any atom is 1.00 e. The molecule has 0 amide bonds. The topological polar surface area (TPSA) is 0 Å². The predicted molar refractivity (Wildman–Crippen MR) is 264 cm³/mol. The molecule has 0 fully saturated rings. The van der Waals surface area contributed by atoms with Crippen molar-refractivity contribution >= 4 is 31.8 Å². The Labute approximate surface area is 404 Å². The third-order valence-electron chi connectivity index (χ3n) is 11.4. The molecule has 314 valence electrons. The molecule has 0 saturated heterocycles. The third kappa shape index (κ3) is 11.9. The molecule has 0 saturated carbocycles. The van der Waals surface area contributed by atoms with Crippen LogP contribution in [-0.2, 0) is 57.6 Å². The summed E-state index contributed by atoms with van der Waals surface area (Å²) in [6.07, 6.45) is 28.5. The first kappa shape index (κ1) is 48.5. The van der Waals surface area contributed by atoms with E-state index in [0.717, 1.165) is 24.0 Å².